The zero-order valence-corrected chi connectivity index (χ0v) is 17.4. The van der Waals surface area contributed by atoms with Crippen LogP contribution < -0.4 is 11.1 Å². The molecule has 0 unspecified atom stereocenters. The number of ether oxygens (including phenoxy) is 1. The van der Waals surface area contributed by atoms with Crippen LogP contribution in [0.5, 0.6) is 0 Å². The van der Waals surface area contributed by atoms with Crippen LogP contribution in [0.1, 0.15) is 27.9 Å². The summed E-state index contributed by atoms with van der Waals surface area (Å²) in [7, 11) is 0. The molecular weight excluding hydrogens is 408 g/mol. The number of thiophene rings is 1. The molecule has 0 saturated carbocycles. The van der Waals surface area contributed by atoms with E-state index in [1.54, 1.807) is 12.3 Å². The Morgan fingerprint density at radius 3 is 2.86 bits per heavy atom. The molecular formula is C20H18N4O3S2. The number of pyridine rings is 1. The normalized spacial score (nSPS) is 11.1. The smallest absolute Gasteiger partial charge is 0.311 e. The number of rotatable bonds is 5. The molecule has 1 amide bonds. The lowest BCUT2D eigenvalue weighted by Gasteiger charge is -2.01. The third-order valence-corrected chi connectivity index (χ3v) is 6.20. The Kier molecular flexibility index (Phi) is 5.16. The molecule has 0 spiro atoms. The van der Waals surface area contributed by atoms with Gasteiger partial charge < -0.3 is 10.5 Å². The van der Waals surface area contributed by atoms with Crippen molar-refractivity contribution in [2.75, 3.05) is 17.7 Å². The molecule has 29 heavy (non-hydrogen) atoms. The Morgan fingerprint density at radius 1 is 1.24 bits per heavy atom. The van der Waals surface area contributed by atoms with Gasteiger partial charge in [-0.05, 0) is 31.5 Å². The van der Waals surface area contributed by atoms with Gasteiger partial charge in [-0.15, -0.1) is 22.7 Å². The number of nitrogens with zero attached hydrogens (tertiary/aromatic N) is 2. The Morgan fingerprint density at radius 2 is 2.07 bits per heavy atom. The summed E-state index contributed by atoms with van der Waals surface area (Å²) in [5, 5.41) is 6.62. The lowest BCUT2D eigenvalue weighted by molar-refractivity contribution is -0.142. The molecule has 0 aliphatic rings. The Balaban J connectivity index is 1.58. The van der Waals surface area contributed by atoms with Crippen LogP contribution >= 0.6 is 22.7 Å². The first kappa shape index (κ1) is 19.3. The standard InChI is InChI=1S/C20H18N4O3S2/c1-3-27-15(25)8-12-9-28-20(22-12)24-18(26)17-16(21)13-7-11-5-4-10(2)6-14(11)23-19(13)29-17/h4-7,9H,3,8,21H2,1-2H3,(H,22,24,26). The van der Waals surface area contributed by atoms with Gasteiger partial charge in [0.2, 0.25) is 0 Å². The second kappa shape index (κ2) is 7.76. The van der Waals surface area contributed by atoms with Crippen molar-refractivity contribution >= 4 is 66.5 Å². The molecule has 0 radical (unpaired) electrons. The van der Waals surface area contributed by atoms with Gasteiger partial charge in [-0.1, -0.05) is 12.1 Å². The minimum Gasteiger partial charge on any atom is -0.466 e. The van der Waals surface area contributed by atoms with E-state index in [0.29, 0.717) is 32.8 Å². The third kappa shape index (κ3) is 3.92. The number of esters is 1. The van der Waals surface area contributed by atoms with Crippen LogP contribution in [0.3, 0.4) is 0 Å². The fraction of sp³-hybridized carbons (Fsp3) is 0.200. The van der Waals surface area contributed by atoms with Gasteiger partial charge in [0.05, 0.1) is 29.9 Å². The number of anilines is 2. The summed E-state index contributed by atoms with van der Waals surface area (Å²) in [5.74, 6) is -0.694. The van der Waals surface area contributed by atoms with E-state index in [-0.39, 0.29) is 18.3 Å². The molecule has 0 bridgehead atoms. The topological polar surface area (TPSA) is 107 Å². The summed E-state index contributed by atoms with van der Waals surface area (Å²) in [4.78, 5) is 34.3. The number of thiazole rings is 1. The molecule has 0 aliphatic heterocycles. The quantitative estimate of drug-likeness (QED) is 0.464. The number of hydrogen-bond acceptors (Lipinski definition) is 8. The number of hydrogen-bond donors (Lipinski definition) is 2. The lowest BCUT2D eigenvalue weighted by Crippen LogP contribution is -2.12. The molecule has 1 aromatic carbocycles. The van der Waals surface area contributed by atoms with Gasteiger partial charge in [0.15, 0.2) is 5.13 Å². The largest absolute Gasteiger partial charge is 0.466 e. The highest BCUT2D eigenvalue weighted by molar-refractivity contribution is 7.21. The fourth-order valence-electron chi connectivity index (χ4n) is 2.93. The predicted octanol–water partition coefficient (Wildman–Crippen LogP) is 4.15. The van der Waals surface area contributed by atoms with Crippen LogP contribution in [0.15, 0.2) is 29.6 Å². The summed E-state index contributed by atoms with van der Waals surface area (Å²) >= 11 is 2.50. The van der Waals surface area contributed by atoms with Crippen LogP contribution in [-0.2, 0) is 16.0 Å². The summed E-state index contributed by atoms with van der Waals surface area (Å²) < 4.78 is 4.91. The molecule has 3 N–H and O–H groups in total. The average molecular weight is 427 g/mol. The van der Waals surface area contributed by atoms with Crippen LogP contribution in [-0.4, -0.2) is 28.5 Å². The zero-order valence-electron chi connectivity index (χ0n) is 15.8. The predicted molar refractivity (Wildman–Crippen MR) is 117 cm³/mol. The number of carbonyl (C=O) groups excluding carboxylic acids is 2. The molecule has 148 valence electrons. The molecule has 3 heterocycles. The maximum atomic E-state index is 12.8. The lowest BCUT2D eigenvalue weighted by atomic mass is 10.1. The maximum absolute atomic E-state index is 12.8. The van der Waals surface area contributed by atoms with Gasteiger partial charge in [0.25, 0.3) is 5.91 Å². The SMILES string of the molecule is CCOC(=O)Cc1csc(NC(=O)c2sc3nc4cc(C)ccc4cc3c2N)n1. The fourth-order valence-corrected chi connectivity index (χ4v) is 4.62. The molecule has 0 fully saturated rings. The van der Waals surface area contributed by atoms with Crippen LogP contribution in [0.4, 0.5) is 10.8 Å². The number of amides is 1. The Labute approximate surface area is 174 Å². The van der Waals surface area contributed by atoms with Crippen molar-refractivity contribution in [3.8, 4) is 0 Å². The number of fused-ring (bicyclic) bond motifs is 2. The number of carbonyl (C=O) groups is 2. The van der Waals surface area contributed by atoms with E-state index < -0.39 is 0 Å². The van der Waals surface area contributed by atoms with E-state index in [1.807, 2.05) is 31.2 Å². The van der Waals surface area contributed by atoms with E-state index in [0.717, 1.165) is 21.9 Å². The van der Waals surface area contributed by atoms with Crippen molar-refractivity contribution < 1.29 is 14.3 Å². The second-order valence-electron chi connectivity index (χ2n) is 6.46. The first-order valence-electron chi connectivity index (χ1n) is 8.95. The third-order valence-electron chi connectivity index (χ3n) is 4.28. The van der Waals surface area contributed by atoms with Gasteiger partial charge in [0, 0.05) is 16.2 Å². The molecule has 4 aromatic rings. The second-order valence-corrected chi connectivity index (χ2v) is 8.32. The first-order chi connectivity index (χ1) is 13.9. The summed E-state index contributed by atoms with van der Waals surface area (Å²) in [6.45, 7) is 4.08. The summed E-state index contributed by atoms with van der Waals surface area (Å²) in [6, 6.07) is 7.97. The number of nitrogens with one attached hydrogen (secondary N) is 1. The highest BCUT2D eigenvalue weighted by Crippen LogP contribution is 2.35. The molecule has 0 saturated heterocycles. The summed E-state index contributed by atoms with van der Waals surface area (Å²) in [5.41, 5.74) is 9.20. The molecule has 0 atom stereocenters. The van der Waals surface area contributed by atoms with Crippen molar-refractivity contribution in [1.29, 1.82) is 0 Å². The van der Waals surface area contributed by atoms with Gasteiger partial charge in [0.1, 0.15) is 9.71 Å². The number of aromatic nitrogens is 2. The summed E-state index contributed by atoms with van der Waals surface area (Å²) in [6.07, 6.45) is 0.0706. The van der Waals surface area contributed by atoms with Crippen LogP contribution in [0, 0.1) is 6.92 Å². The van der Waals surface area contributed by atoms with Crippen molar-refractivity contribution in [2.45, 2.75) is 20.3 Å². The minimum absolute atomic E-state index is 0.0706. The molecule has 3 aromatic heterocycles. The van der Waals surface area contributed by atoms with E-state index in [2.05, 4.69) is 15.3 Å². The van der Waals surface area contributed by atoms with Gasteiger partial charge in [-0.3, -0.25) is 14.9 Å². The van der Waals surface area contributed by atoms with E-state index >= 15 is 0 Å². The Bertz CT molecular complexity index is 1250. The minimum atomic E-state index is -0.349. The number of benzene rings is 1. The molecule has 0 aliphatic carbocycles. The van der Waals surface area contributed by atoms with Gasteiger partial charge in [-0.25, -0.2) is 9.97 Å². The Hall–Kier alpha value is -3.04. The number of nitrogens with two attached hydrogens (primary N) is 1. The van der Waals surface area contributed by atoms with Crippen LogP contribution in [0.25, 0.3) is 21.1 Å². The number of aryl methyl sites for hydroxylation is 1. The first-order valence-corrected chi connectivity index (χ1v) is 10.6. The average Bonchev–Trinajstić information content (AvgIpc) is 3.24. The van der Waals surface area contributed by atoms with Crippen molar-refractivity contribution in [3.05, 3.63) is 45.8 Å². The van der Waals surface area contributed by atoms with E-state index in [1.165, 1.54) is 22.7 Å². The monoisotopic (exact) mass is 426 g/mol. The molecule has 9 heteroatoms. The van der Waals surface area contributed by atoms with E-state index in [4.69, 9.17) is 10.5 Å². The van der Waals surface area contributed by atoms with Crippen molar-refractivity contribution in [2.24, 2.45) is 0 Å². The molecule has 4 rings (SSSR count). The maximum Gasteiger partial charge on any atom is 0.311 e. The zero-order chi connectivity index (χ0) is 20.5. The highest BCUT2D eigenvalue weighted by Gasteiger charge is 2.19. The molecule has 7 nitrogen and oxygen atoms in total. The van der Waals surface area contributed by atoms with Crippen molar-refractivity contribution in [3.63, 3.8) is 0 Å². The van der Waals surface area contributed by atoms with Gasteiger partial charge in [-0.2, -0.15) is 0 Å². The van der Waals surface area contributed by atoms with Gasteiger partial charge >= 0.3 is 5.97 Å². The number of nitrogen functional groups attached to an aromatic ring is 1. The highest BCUT2D eigenvalue weighted by atomic mass is 32.1. The van der Waals surface area contributed by atoms with Crippen LogP contribution in [0.2, 0.25) is 0 Å². The van der Waals surface area contributed by atoms with E-state index in [9.17, 15) is 9.59 Å². The van der Waals surface area contributed by atoms with Crippen molar-refractivity contribution in [1.82, 2.24) is 9.97 Å².